The molecule has 35 heavy (non-hydrogen) atoms. The quantitative estimate of drug-likeness (QED) is 0.458. The molecule has 1 aliphatic heterocycles. The molecule has 2 aliphatic rings. The van der Waals surface area contributed by atoms with Crippen LogP contribution in [0.2, 0.25) is 0 Å². The average Bonchev–Trinajstić information content (AvgIpc) is 3.25. The zero-order chi connectivity index (χ0) is 24.2. The molecule has 2 N–H and O–H groups in total. The van der Waals surface area contributed by atoms with E-state index in [-0.39, 0.29) is 23.4 Å². The number of aromatic amines is 1. The highest BCUT2D eigenvalue weighted by Gasteiger charge is 2.48. The number of benzene rings is 1. The molecule has 0 atom stereocenters. The Labute approximate surface area is 201 Å². The molecule has 180 valence electrons. The maximum absolute atomic E-state index is 13.4. The van der Waals surface area contributed by atoms with Crippen molar-refractivity contribution in [1.29, 1.82) is 0 Å². The number of carbonyl (C=O) groups is 1. The van der Waals surface area contributed by atoms with Gasteiger partial charge in [-0.2, -0.15) is 10.2 Å². The Bertz CT molecular complexity index is 1440. The molecule has 3 aromatic heterocycles. The summed E-state index contributed by atoms with van der Waals surface area (Å²) >= 11 is 0. The molecule has 1 amide bonds. The van der Waals surface area contributed by atoms with Crippen molar-refractivity contribution >= 4 is 16.9 Å². The summed E-state index contributed by atoms with van der Waals surface area (Å²) < 4.78 is 3.29. The van der Waals surface area contributed by atoms with Crippen LogP contribution in [0, 0.1) is 5.41 Å². The number of nitrogens with zero attached hydrogens (tertiary/aromatic N) is 6. The molecule has 0 spiro atoms. The molecule has 6 rings (SSSR count). The lowest BCUT2D eigenvalue weighted by molar-refractivity contribution is -0.141. The van der Waals surface area contributed by atoms with Gasteiger partial charge in [0.05, 0.1) is 24.0 Å². The Hall–Kier alpha value is -3.79. The third kappa shape index (κ3) is 3.83. The average molecular weight is 474 g/mol. The number of hydrogen-bond acceptors (Lipinski definition) is 6. The van der Waals surface area contributed by atoms with E-state index in [0.717, 1.165) is 24.1 Å². The van der Waals surface area contributed by atoms with Crippen molar-refractivity contribution in [3.05, 3.63) is 59.3 Å². The smallest absolute Gasteiger partial charge is 0.265 e. The largest absolute Gasteiger partial charge is 0.388 e. The van der Waals surface area contributed by atoms with Crippen molar-refractivity contribution in [2.45, 2.75) is 44.8 Å². The second kappa shape index (κ2) is 7.88. The maximum Gasteiger partial charge on any atom is 0.265 e. The molecule has 4 heterocycles. The minimum Gasteiger partial charge on any atom is -0.388 e. The lowest BCUT2D eigenvalue weighted by Gasteiger charge is -2.39. The van der Waals surface area contributed by atoms with Gasteiger partial charge >= 0.3 is 0 Å². The SMILES string of the molecule is CC1(C(=O)N2CCC(O)(Cn3c(-c4ccc(-n5cccn5)cc4)nc4[nH]ncc4c3=O)CC2)CC1. The van der Waals surface area contributed by atoms with E-state index in [9.17, 15) is 14.7 Å². The van der Waals surface area contributed by atoms with E-state index in [1.54, 1.807) is 15.4 Å². The summed E-state index contributed by atoms with van der Waals surface area (Å²) in [6, 6.07) is 9.45. The van der Waals surface area contributed by atoms with Crippen LogP contribution in [-0.4, -0.2) is 64.1 Å². The second-order valence-electron chi connectivity index (χ2n) is 10.0. The summed E-state index contributed by atoms with van der Waals surface area (Å²) in [5, 5.41) is 22.9. The van der Waals surface area contributed by atoms with Crippen LogP contribution in [0.5, 0.6) is 0 Å². The molecule has 10 heteroatoms. The first-order chi connectivity index (χ1) is 16.9. The molecule has 1 aliphatic carbocycles. The summed E-state index contributed by atoms with van der Waals surface area (Å²) in [6.45, 7) is 3.06. The van der Waals surface area contributed by atoms with Crippen LogP contribution >= 0.6 is 0 Å². The summed E-state index contributed by atoms with van der Waals surface area (Å²) in [7, 11) is 0. The maximum atomic E-state index is 13.4. The van der Waals surface area contributed by atoms with Gasteiger partial charge in [0.15, 0.2) is 5.65 Å². The van der Waals surface area contributed by atoms with Crippen LogP contribution < -0.4 is 5.56 Å². The topological polar surface area (TPSA) is 122 Å². The summed E-state index contributed by atoms with van der Waals surface area (Å²) in [5.41, 5.74) is 0.434. The van der Waals surface area contributed by atoms with Gasteiger partial charge in [-0.3, -0.25) is 19.3 Å². The number of amides is 1. The Kier molecular flexibility index (Phi) is 4.89. The van der Waals surface area contributed by atoms with E-state index in [2.05, 4.69) is 20.3 Å². The Morgan fingerprint density at radius 2 is 1.89 bits per heavy atom. The normalized spacial score (nSPS) is 18.6. The minimum atomic E-state index is -1.12. The van der Waals surface area contributed by atoms with Crippen LogP contribution in [0.25, 0.3) is 28.1 Å². The third-order valence-corrected chi connectivity index (χ3v) is 7.41. The highest BCUT2D eigenvalue weighted by Crippen LogP contribution is 2.47. The molecule has 0 bridgehead atoms. The van der Waals surface area contributed by atoms with Gasteiger partial charge in [0.1, 0.15) is 11.2 Å². The third-order valence-electron chi connectivity index (χ3n) is 7.41. The van der Waals surface area contributed by atoms with Gasteiger partial charge in [0.2, 0.25) is 5.91 Å². The molecule has 1 saturated carbocycles. The number of carbonyl (C=O) groups excluding carboxylic acids is 1. The Morgan fingerprint density at radius 1 is 1.14 bits per heavy atom. The number of likely N-dealkylation sites (tertiary alicyclic amines) is 1. The fraction of sp³-hybridized carbons (Fsp3) is 0.400. The summed E-state index contributed by atoms with van der Waals surface area (Å²) in [5.74, 6) is 0.632. The first-order valence-electron chi connectivity index (χ1n) is 11.9. The second-order valence-corrected chi connectivity index (χ2v) is 10.0. The fourth-order valence-electron chi connectivity index (χ4n) is 4.84. The molecular weight excluding hydrogens is 446 g/mol. The zero-order valence-corrected chi connectivity index (χ0v) is 19.5. The van der Waals surface area contributed by atoms with E-state index in [0.29, 0.717) is 42.8 Å². The van der Waals surface area contributed by atoms with Crippen LogP contribution in [-0.2, 0) is 11.3 Å². The predicted octanol–water partition coefficient (Wildman–Crippen LogP) is 2.13. The van der Waals surface area contributed by atoms with E-state index in [4.69, 9.17) is 0 Å². The van der Waals surface area contributed by atoms with Crippen molar-refractivity contribution in [2.75, 3.05) is 13.1 Å². The van der Waals surface area contributed by atoms with E-state index < -0.39 is 5.60 Å². The fourth-order valence-corrected chi connectivity index (χ4v) is 4.84. The summed E-state index contributed by atoms with van der Waals surface area (Å²) in [4.78, 5) is 32.7. The van der Waals surface area contributed by atoms with Gasteiger partial charge in [-0.05, 0) is 56.0 Å². The van der Waals surface area contributed by atoms with E-state index in [1.165, 1.54) is 6.20 Å². The van der Waals surface area contributed by atoms with Crippen molar-refractivity contribution < 1.29 is 9.90 Å². The lowest BCUT2D eigenvalue weighted by Crippen LogP contribution is -2.51. The van der Waals surface area contributed by atoms with E-state index >= 15 is 0 Å². The number of fused-ring (bicyclic) bond motifs is 1. The highest BCUT2D eigenvalue weighted by atomic mass is 16.3. The molecule has 1 aromatic carbocycles. The van der Waals surface area contributed by atoms with Crippen LogP contribution in [0.15, 0.2) is 53.7 Å². The van der Waals surface area contributed by atoms with Crippen LogP contribution in [0.1, 0.15) is 32.6 Å². The first-order valence-corrected chi connectivity index (χ1v) is 11.9. The number of rotatable bonds is 5. The van der Waals surface area contributed by atoms with Crippen molar-refractivity contribution in [3.63, 3.8) is 0 Å². The standard InChI is InChI=1S/C25H27N7O3/c1-24(7-8-24)23(34)30-13-9-25(35,10-14-30)16-31-21(28-20-19(22(31)33)15-26-29-20)17-3-5-18(6-4-17)32-12-2-11-27-32/h2-6,11-12,15,35H,7-10,13-14,16H2,1H3,(H,26,29). The highest BCUT2D eigenvalue weighted by molar-refractivity contribution is 5.85. The molecule has 4 aromatic rings. The van der Waals surface area contributed by atoms with Crippen molar-refractivity contribution in [1.82, 2.24) is 34.4 Å². The Morgan fingerprint density at radius 3 is 2.54 bits per heavy atom. The van der Waals surface area contributed by atoms with E-state index in [1.807, 2.05) is 48.4 Å². The Balaban J connectivity index is 1.32. The zero-order valence-electron chi connectivity index (χ0n) is 19.5. The number of aromatic nitrogens is 6. The monoisotopic (exact) mass is 473 g/mol. The van der Waals surface area contributed by atoms with Gasteiger partial charge in [-0.15, -0.1) is 0 Å². The molecule has 0 radical (unpaired) electrons. The van der Waals surface area contributed by atoms with Gasteiger partial charge in [0.25, 0.3) is 5.56 Å². The number of hydrogen-bond donors (Lipinski definition) is 2. The van der Waals surface area contributed by atoms with Gasteiger partial charge < -0.3 is 10.0 Å². The van der Waals surface area contributed by atoms with Crippen molar-refractivity contribution in [3.8, 4) is 17.1 Å². The van der Waals surface area contributed by atoms with Crippen molar-refractivity contribution in [2.24, 2.45) is 5.41 Å². The molecular formula is C25H27N7O3. The number of H-pyrrole nitrogens is 1. The first kappa shape index (κ1) is 21.7. The summed E-state index contributed by atoms with van der Waals surface area (Å²) in [6.07, 6.45) is 7.71. The molecule has 0 unspecified atom stereocenters. The number of piperidine rings is 1. The van der Waals surface area contributed by atoms with Gasteiger partial charge in [-0.25, -0.2) is 9.67 Å². The van der Waals surface area contributed by atoms with Gasteiger partial charge in [-0.1, -0.05) is 6.92 Å². The molecule has 2 fully saturated rings. The minimum absolute atomic E-state index is 0.0928. The lowest BCUT2D eigenvalue weighted by atomic mass is 9.90. The number of nitrogens with one attached hydrogen (secondary N) is 1. The van der Waals surface area contributed by atoms with Gasteiger partial charge in [0, 0.05) is 36.5 Å². The predicted molar refractivity (Wildman–Crippen MR) is 129 cm³/mol. The van der Waals surface area contributed by atoms with Crippen LogP contribution in [0.3, 0.4) is 0 Å². The molecule has 10 nitrogen and oxygen atoms in total. The van der Waals surface area contributed by atoms with Crippen LogP contribution in [0.4, 0.5) is 0 Å². The number of aliphatic hydroxyl groups is 1. The molecule has 1 saturated heterocycles.